The Kier molecular flexibility index (Phi) is 7.29. The molecule has 0 atom stereocenters. The van der Waals surface area contributed by atoms with Crippen LogP contribution in [0.15, 0.2) is 66.9 Å². The predicted molar refractivity (Wildman–Crippen MR) is 117 cm³/mol. The van der Waals surface area contributed by atoms with Gasteiger partial charge in [0.05, 0.1) is 5.02 Å². The SMILES string of the molecule is C.CC(=N)c1ccc(NCc2ccccc2C(=O)Nc2ccc(Cl)cn2)cc1. The maximum Gasteiger partial charge on any atom is 0.257 e. The number of carbonyl (C=O) groups is 1. The Morgan fingerprint density at radius 2 is 1.79 bits per heavy atom. The first-order valence-corrected chi connectivity index (χ1v) is 8.81. The summed E-state index contributed by atoms with van der Waals surface area (Å²) in [6.45, 7) is 2.26. The molecule has 144 valence electrons. The molecular weight excluding hydrogens is 372 g/mol. The summed E-state index contributed by atoms with van der Waals surface area (Å²) in [5, 5.41) is 14.3. The molecule has 1 heterocycles. The van der Waals surface area contributed by atoms with Crippen LogP contribution in [-0.2, 0) is 6.54 Å². The van der Waals surface area contributed by atoms with Gasteiger partial charge in [-0.1, -0.05) is 49.4 Å². The molecule has 0 saturated heterocycles. The lowest BCUT2D eigenvalue weighted by Gasteiger charge is -2.12. The number of hydrogen-bond donors (Lipinski definition) is 3. The van der Waals surface area contributed by atoms with Gasteiger partial charge < -0.3 is 16.0 Å². The quantitative estimate of drug-likeness (QED) is 0.474. The molecule has 3 rings (SSSR count). The first-order chi connectivity index (χ1) is 13.0. The van der Waals surface area contributed by atoms with Gasteiger partial charge >= 0.3 is 0 Å². The highest BCUT2D eigenvalue weighted by atomic mass is 35.5. The summed E-state index contributed by atoms with van der Waals surface area (Å²) in [5.41, 5.74) is 3.79. The highest BCUT2D eigenvalue weighted by Crippen LogP contribution is 2.16. The minimum Gasteiger partial charge on any atom is -0.381 e. The second-order valence-electron chi connectivity index (χ2n) is 6.03. The third-order valence-electron chi connectivity index (χ3n) is 4.03. The number of nitrogens with one attached hydrogen (secondary N) is 3. The minimum absolute atomic E-state index is 0. The van der Waals surface area contributed by atoms with Gasteiger partial charge in [-0.3, -0.25) is 4.79 Å². The molecule has 0 aliphatic heterocycles. The van der Waals surface area contributed by atoms with Crippen molar-refractivity contribution in [2.75, 3.05) is 10.6 Å². The van der Waals surface area contributed by atoms with Crippen molar-refractivity contribution >= 4 is 34.7 Å². The van der Waals surface area contributed by atoms with Crippen molar-refractivity contribution in [1.82, 2.24) is 4.98 Å². The molecule has 0 spiro atoms. The average Bonchev–Trinajstić information content (AvgIpc) is 2.68. The molecule has 0 aliphatic carbocycles. The molecule has 1 aromatic heterocycles. The standard InChI is InChI=1S/C21H19ClN4O.CH4/c1-14(23)15-6-9-18(10-7-15)24-12-16-4-2-3-5-19(16)21(27)26-20-11-8-17(22)13-25-20;/h2-11,13,23-24H,12H2,1H3,(H,25,26,27);1H4. The fraction of sp³-hybridized carbons (Fsp3) is 0.136. The van der Waals surface area contributed by atoms with Crippen LogP contribution in [0, 0.1) is 5.41 Å². The van der Waals surface area contributed by atoms with Crippen LogP contribution in [0.2, 0.25) is 5.02 Å². The summed E-state index contributed by atoms with van der Waals surface area (Å²) in [6, 6.07) is 18.4. The molecule has 0 bridgehead atoms. The summed E-state index contributed by atoms with van der Waals surface area (Å²) in [5.74, 6) is 0.224. The lowest BCUT2D eigenvalue weighted by Crippen LogP contribution is -2.16. The molecule has 1 amide bonds. The van der Waals surface area contributed by atoms with Crippen LogP contribution in [0.25, 0.3) is 0 Å². The lowest BCUT2D eigenvalue weighted by atomic mass is 10.1. The molecule has 6 heteroatoms. The Bertz CT molecular complexity index is 953. The normalized spacial score (nSPS) is 9.93. The molecule has 0 saturated carbocycles. The maximum absolute atomic E-state index is 12.6. The molecule has 3 aromatic rings. The van der Waals surface area contributed by atoms with E-state index in [4.69, 9.17) is 17.0 Å². The number of carbonyl (C=O) groups excluding carboxylic acids is 1. The third kappa shape index (κ3) is 5.41. The van der Waals surface area contributed by atoms with Gasteiger partial charge in [-0.2, -0.15) is 0 Å². The molecule has 0 radical (unpaired) electrons. The van der Waals surface area contributed by atoms with Gasteiger partial charge in [0.25, 0.3) is 5.91 Å². The highest BCUT2D eigenvalue weighted by molar-refractivity contribution is 6.30. The summed E-state index contributed by atoms with van der Waals surface area (Å²) < 4.78 is 0. The zero-order valence-electron chi connectivity index (χ0n) is 14.8. The highest BCUT2D eigenvalue weighted by Gasteiger charge is 2.11. The van der Waals surface area contributed by atoms with Crippen LogP contribution in [0.5, 0.6) is 0 Å². The number of rotatable bonds is 6. The average molecular weight is 395 g/mol. The second kappa shape index (κ2) is 9.67. The topological polar surface area (TPSA) is 77.9 Å². The van der Waals surface area contributed by atoms with Crippen molar-refractivity contribution in [2.45, 2.75) is 20.9 Å². The van der Waals surface area contributed by atoms with Crippen LogP contribution >= 0.6 is 11.6 Å². The van der Waals surface area contributed by atoms with Crippen molar-refractivity contribution in [3.05, 3.63) is 88.6 Å². The lowest BCUT2D eigenvalue weighted by molar-refractivity contribution is 0.102. The van der Waals surface area contributed by atoms with E-state index in [1.54, 1.807) is 25.1 Å². The Balaban J connectivity index is 0.00000280. The van der Waals surface area contributed by atoms with E-state index >= 15 is 0 Å². The van der Waals surface area contributed by atoms with E-state index in [9.17, 15) is 4.79 Å². The zero-order chi connectivity index (χ0) is 19.2. The van der Waals surface area contributed by atoms with Gasteiger partial charge in [-0.25, -0.2) is 4.98 Å². The van der Waals surface area contributed by atoms with E-state index in [1.807, 2.05) is 42.5 Å². The van der Waals surface area contributed by atoms with Gasteiger partial charge in [-0.15, -0.1) is 0 Å². The summed E-state index contributed by atoms with van der Waals surface area (Å²) in [6.07, 6.45) is 1.49. The van der Waals surface area contributed by atoms with E-state index in [0.717, 1.165) is 16.8 Å². The van der Waals surface area contributed by atoms with E-state index in [1.165, 1.54) is 6.20 Å². The number of anilines is 2. The van der Waals surface area contributed by atoms with E-state index in [2.05, 4.69) is 15.6 Å². The van der Waals surface area contributed by atoms with Gasteiger partial charge in [0.2, 0.25) is 0 Å². The van der Waals surface area contributed by atoms with Crippen molar-refractivity contribution < 1.29 is 4.79 Å². The minimum atomic E-state index is -0.225. The third-order valence-corrected chi connectivity index (χ3v) is 4.26. The zero-order valence-corrected chi connectivity index (χ0v) is 15.5. The number of pyridine rings is 1. The van der Waals surface area contributed by atoms with Crippen molar-refractivity contribution in [2.24, 2.45) is 0 Å². The van der Waals surface area contributed by atoms with E-state index in [-0.39, 0.29) is 13.3 Å². The monoisotopic (exact) mass is 394 g/mol. The predicted octanol–water partition coefficient (Wildman–Crippen LogP) is 5.62. The molecule has 2 aromatic carbocycles. The van der Waals surface area contributed by atoms with Crippen LogP contribution < -0.4 is 10.6 Å². The Labute approximate surface area is 170 Å². The number of aromatic nitrogens is 1. The fourth-order valence-electron chi connectivity index (χ4n) is 2.56. The van der Waals surface area contributed by atoms with Crippen molar-refractivity contribution in [3.63, 3.8) is 0 Å². The fourth-order valence-corrected chi connectivity index (χ4v) is 2.68. The Morgan fingerprint density at radius 1 is 1.07 bits per heavy atom. The van der Waals surface area contributed by atoms with Gasteiger partial charge in [0.1, 0.15) is 5.82 Å². The summed E-state index contributed by atoms with van der Waals surface area (Å²) in [4.78, 5) is 16.7. The molecule has 5 nitrogen and oxygen atoms in total. The van der Waals surface area contributed by atoms with Crippen LogP contribution in [-0.4, -0.2) is 16.6 Å². The van der Waals surface area contributed by atoms with Crippen LogP contribution in [0.1, 0.15) is 35.8 Å². The molecule has 0 aliphatic rings. The van der Waals surface area contributed by atoms with E-state index in [0.29, 0.717) is 28.7 Å². The Hall–Kier alpha value is -3.18. The summed E-state index contributed by atoms with van der Waals surface area (Å²) >= 11 is 5.82. The Morgan fingerprint density at radius 3 is 2.43 bits per heavy atom. The molecule has 3 N–H and O–H groups in total. The number of nitrogens with zero attached hydrogens (tertiary/aromatic N) is 1. The van der Waals surface area contributed by atoms with Gasteiger partial charge in [0, 0.05) is 29.7 Å². The summed E-state index contributed by atoms with van der Waals surface area (Å²) in [7, 11) is 0. The largest absolute Gasteiger partial charge is 0.381 e. The molecule has 0 unspecified atom stereocenters. The van der Waals surface area contributed by atoms with Crippen molar-refractivity contribution in [3.8, 4) is 0 Å². The number of hydrogen-bond acceptors (Lipinski definition) is 4. The second-order valence-corrected chi connectivity index (χ2v) is 6.47. The number of benzene rings is 2. The van der Waals surface area contributed by atoms with Crippen LogP contribution in [0.4, 0.5) is 11.5 Å². The first kappa shape index (κ1) is 21.1. The van der Waals surface area contributed by atoms with E-state index < -0.39 is 0 Å². The van der Waals surface area contributed by atoms with Gasteiger partial charge in [-0.05, 0) is 48.4 Å². The van der Waals surface area contributed by atoms with Gasteiger partial charge in [0.15, 0.2) is 0 Å². The van der Waals surface area contributed by atoms with Crippen LogP contribution in [0.3, 0.4) is 0 Å². The number of amides is 1. The molecule has 28 heavy (non-hydrogen) atoms. The smallest absolute Gasteiger partial charge is 0.257 e. The van der Waals surface area contributed by atoms with Crippen molar-refractivity contribution in [1.29, 1.82) is 5.41 Å². The first-order valence-electron chi connectivity index (χ1n) is 8.43. The number of halogens is 1. The molecule has 0 fully saturated rings. The molecular formula is C22H23ClN4O. The maximum atomic E-state index is 12.6.